The van der Waals surface area contributed by atoms with Crippen molar-refractivity contribution in [1.29, 1.82) is 0 Å². The Balaban J connectivity index is 0. The Bertz CT molecular complexity index is 138. The maximum absolute atomic E-state index is 3.89. The van der Waals surface area contributed by atoms with Crippen LogP contribution in [0, 0.1) is 6.92 Å². The van der Waals surface area contributed by atoms with Gasteiger partial charge < -0.3 is 0 Å². The van der Waals surface area contributed by atoms with Crippen LogP contribution in [0.15, 0.2) is 0 Å². The molecule has 0 aromatic heterocycles. The van der Waals surface area contributed by atoms with Crippen LogP contribution in [0.3, 0.4) is 0 Å². The zero-order valence-corrected chi connectivity index (χ0v) is 14.4. The van der Waals surface area contributed by atoms with Crippen molar-refractivity contribution in [2.75, 3.05) is 0 Å². The molecule has 0 nitrogen and oxygen atoms in total. The van der Waals surface area contributed by atoms with Crippen molar-refractivity contribution in [2.45, 2.75) is 122 Å². The molecule has 0 saturated carbocycles. The summed E-state index contributed by atoms with van der Waals surface area (Å²) in [5.41, 5.74) is 0. The molecule has 0 bridgehead atoms. The minimum atomic E-state index is 0. The van der Waals surface area contributed by atoms with E-state index in [1.54, 1.807) is 0 Å². The molecule has 0 heterocycles. The van der Waals surface area contributed by atoms with Crippen LogP contribution >= 0.6 is 0 Å². The number of unbranched alkanes of at least 4 members (excludes halogenated alkanes) is 17. The van der Waals surface area contributed by atoms with E-state index in [0.29, 0.717) is 0 Å². The summed E-state index contributed by atoms with van der Waals surface area (Å²) in [6, 6.07) is 0. The Hall–Kier alpha value is 0.597. The monoisotopic (exact) mass is 289 g/mol. The molecule has 0 amide bonds. The average molecular weight is 289 g/mol. The molecule has 0 aliphatic heterocycles. The molecule has 0 rings (SSSR count). The van der Waals surface area contributed by atoms with Gasteiger partial charge in [-0.2, -0.15) is 0 Å². The molecule has 1 radical (unpaired) electrons. The van der Waals surface area contributed by atoms with E-state index in [1.165, 1.54) is 109 Å². The SMILES string of the molecule is [CH2]CCCCCCCCCCCCCCCCCCC.[LiH]. The van der Waals surface area contributed by atoms with Gasteiger partial charge in [-0.3, -0.25) is 0 Å². The van der Waals surface area contributed by atoms with E-state index < -0.39 is 0 Å². The van der Waals surface area contributed by atoms with Gasteiger partial charge in [0.2, 0.25) is 0 Å². The van der Waals surface area contributed by atoms with Gasteiger partial charge >= 0.3 is 18.9 Å². The molecule has 0 saturated heterocycles. The summed E-state index contributed by atoms with van der Waals surface area (Å²) in [6.45, 7) is 6.19. The van der Waals surface area contributed by atoms with Crippen LogP contribution < -0.4 is 0 Å². The molecule has 0 spiro atoms. The van der Waals surface area contributed by atoms with Crippen molar-refractivity contribution in [3.8, 4) is 0 Å². The van der Waals surface area contributed by atoms with E-state index in [4.69, 9.17) is 0 Å². The number of hydrogen-bond acceptors (Lipinski definition) is 0. The van der Waals surface area contributed by atoms with E-state index in [0.717, 1.165) is 6.42 Å². The third-order valence-corrected chi connectivity index (χ3v) is 4.35. The Morgan fingerprint density at radius 2 is 0.667 bits per heavy atom. The second-order valence-corrected chi connectivity index (χ2v) is 6.51. The third kappa shape index (κ3) is 23.0. The van der Waals surface area contributed by atoms with Gasteiger partial charge in [0.15, 0.2) is 0 Å². The molecule has 0 atom stereocenters. The van der Waals surface area contributed by atoms with Crippen molar-refractivity contribution in [3.63, 3.8) is 0 Å². The van der Waals surface area contributed by atoms with Gasteiger partial charge in [-0.25, -0.2) is 0 Å². The molecule has 0 aliphatic rings. The zero-order chi connectivity index (χ0) is 14.7. The van der Waals surface area contributed by atoms with Gasteiger partial charge in [-0.05, 0) is 0 Å². The van der Waals surface area contributed by atoms with E-state index in [1.807, 2.05) is 0 Å². The Labute approximate surface area is 148 Å². The molecular weight excluding hydrogens is 247 g/mol. The second kappa shape index (κ2) is 22.9. The molecular formula is C20H42Li. The quantitative estimate of drug-likeness (QED) is 0.196. The Morgan fingerprint density at radius 3 is 0.905 bits per heavy atom. The summed E-state index contributed by atoms with van der Waals surface area (Å²) in [7, 11) is 0. The summed E-state index contributed by atoms with van der Waals surface area (Å²) >= 11 is 0. The van der Waals surface area contributed by atoms with Gasteiger partial charge in [-0.1, -0.05) is 129 Å². The molecule has 0 fully saturated rings. The number of rotatable bonds is 17. The van der Waals surface area contributed by atoms with E-state index in [-0.39, 0.29) is 18.9 Å². The van der Waals surface area contributed by atoms with Gasteiger partial charge in [0.25, 0.3) is 0 Å². The molecule has 21 heavy (non-hydrogen) atoms. The fourth-order valence-corrected chi connectivity index (χ4v) is 2.90. The van der Waals surface area contributed by atoms with Crippen LogP contribution in [0.2, 0.25) is 0 Å². The standard InChI is InChI=1S/C20H41.Li.H/c1-3-5-7-9-11-13-15-17-19-20-18-16-14-12-10-8-6-4-2;;/h1,3-20H2,2H3;;. The summed E-state index contributed by atoms with van der Waals surface area (Å²) in [5.74, 6) is 0. The van der Waals surface area contributed by atoms with Crippen molar-refractivity contribution < 1.29 is 0 Å². The van der Waals surface area contributed by atoms with Crippen LogP contribution in [0.1, 0.15) is 122 Å². The van der Waals surface area contributed by atoms with Crippen LogP contribution in [0.4, 0.5) is 0 Å². The first-order chi connectivity index (χ1) is 9.91. The summed E-state index contributed by atoms with van der Waals surface area (Å²) in [6.07, 6.45) is 25.8. The van der Waals surface area contributed by atoms with Crippen molar-refractivity contribution in [3.05, 3.63) is 6.92 Å². The zero-order valence-electron chi connectivity index (χ0n) is 14.4. The van der Waals surface area contributed by atoms with Crippen LogP contribution in [-0.2, 0) is 0 Å². The fraction of sp³-hybridized carbons (Fsp3) is 0.950. The molecule has 0 N–H and O–H groups in total. The fourth-order valence-electron chi connectivity index (χ4n) is 2.90. The second-order valence-electron chi connectivity index (χ2n) is 6.51. The number of hydrogen-bond donors (Lipinski definition) is 0. The summed E-state index contributed by atoms with van der Waals surface area (Å²) in [4.78, 5) is 0. The Morgan fingerprint density at radius 1 is 0.429 bits per heavy atom. The molecule has 1 heteroatoms. The minimum absolute atomic E-state index is 0. The van der Waals surface area contributed by atoms with Crippen molar-refractivity contribution in [2.24, 2.45) is 0 Å². The van der Waals surface area contributed by atoms with E-state index >= 15 is 0 Å². The van der Waals surface area contributed by atoms with Crippen molar-refractivity contribution >= 4 is 18.9 Å². The van der Waals surface area contributed by atoms with Crippen LogP contribution in [0.5, 0.6) is 0 Å². The molecule has 0 aromatic rings. The predicted octanol–water partition coefficient (Wildman–Crippen LogP) is 7.21. The summed E-state index contributed by atoms with van der Waals surface area (Å²) in [5, 5.41) is 0. The average Bonchev–Trinajstić information content (AvgIpc) is 2.47. The Kier molecular flexibility index (Phi) is 26.0. The first-order valence-corrected chi connectivity index (χ1v) is 9.71. The summed E-state index contributed by atoms with van der Waals surface area (Å²) < 4.78 is 0. The molecule has 0 aromatic carbocycles. The van der Waals surface area contributed by atoms with Crippen molar-refractivity contribution in [1.82, 2.24) is 0 Å². The molecule has 0 unspecified atom stereocenters. The first-order valence-electron chi connectivity index (χ1n) is 9.71. The normalized spacial score (nSPS) is 10.6. The van der Waals surface area contributed by atoms with Gasteiger partial charge in [-0.15, -0.1) is 0 Å². The van der Waals surface area contributed by atoms with Gasteiger partial charge in [0, 0.05) is 0 Å². The molecule has 123 valence electrons. The van der Waals surface area contributed by atoms with Crippen LogP contribution in [-0.4, -0.2) is 18.9 Å². The molecule has 0 aliphatic carbocycles. The van der Waals surface area contributed by atoms with Gasteiger partial charge in [0.05, 0.1) is 0 Å². The van der Waals surface area contributed by atoms with Gasteiger partial charge in [0.1, 0.15) is 0 Å². The maximum atomic E-state index is 3.89. The topological polar surface area (TPSA) is 0 Å². The first kappa shape index (κ1) is 23.9. The van der Waals surface area contributed by atoms with E-state index in [2.05, 4.69) is 13.8 Å². The predicted molar refractivity (Wildman–Crippen MR) is 101 cm³/mol. The third-order valence-electron chi connectivity index (χ3n) is 4.35. The van der Waals surface area contributed by atoms with Crippen LogP contribution in [0.25, 0.3) is 0 Å². The van der Waals surface area contributed by atoms with E-state index in [9.17, 15) is 0 Å².